The van der Waals surface area contributed by atoms with Crippen molar-refractivity contribution in [3.8, 4) is 0 Å². The maximum absolute atomic E-state index is 11.9. The van der Waals surface area contributed by atoms with E-state index in [1.54, 1.807) is 0 Å². The highest BCUT2D eigenvalue weighted by Crippen LogP contribution is 2.15. The van der Waals surface area contributed by atoms with Crippen molar-refractivity contribution in [1.82, 2.24) is 0 Å². The van der Waals surface area contributed by atoms with Crippen molar-refractivity contribution in [3.05, 3.63) is 34.9 Å². The Morgan fingerprint density at radius 2 is 2.07 bits per heavy atom. The molecule has 0 aliphatic heterocycles. The van der Waals surface area contributed by atoms with Gasteiger partial charge in [0.15, 0.2) is 5.78 Å². The van der Waals surface area contributed by atoms with Gasteiger partial charge >= 0.3 is 0 Å². The van der Waals surface area contributed by atoms with Crippen molar-refractivity contribution in [2.45, 2.75) is 27.2 Å². The van der Waals surface area contributed by atoms with Crippen LogP contribution in [0.3, 0.4) is 0 Å². The van der Waals surface area contributed by atoms with Crippen LogP contribution in [0.5, 0.6) is 0 Å². The highest BCUT2D eigenvalue weighted by atomic mass is 16.1. The molecule has 0 fully saturated rings. The first-order valence-electron chi connectivity index (χ1n) is 5.35. The molecule has 2 heteroatoms. The Balaban J connectivity index is 2.86. The lowest BCUT2D eigenvalue weighted by Gasteiger charge is -2.09. The molecule has 1 unspecified atom stereocenters. The number of carbonyl (C=O) groups excluding carboxylic acids is 1. The van der Waals surface area contributed by atoms with E-state index < -0.39 is 0 Å². The predicted octanol–water partition coefficient (Wildman–Crippen LogP) is 2.47. The van der Waals surface area contributed by atoms with Gasteiger partial charge in [-0.2, -0.15) is 0 Å². The van der Waals surface area contributed by atoms with Crippen molar-refractivity contribution in [2.24, 2.45) is 11.7 Å². The van der Waals surface area contributed by atoms with E-state index in [2.05, 4.69) is 0 Å². The second-order valence-corrected chi connectivity index (χ2v) is 4.29. The first kappa shape index (κ1) is 11.9. The zero-order chi connectivity index (χ0) is 11.4. The fraction of sp³-hybridized carbons (Fsp3) is 0.462. The zero-order valence-corrected chi connectivity index (χ0v) is 9.71. The number of Topliss-reactive ketones (excluding diaryl/α,β-unsaturated/α-hetero) is 1. The Kier molecular flexibility index (Phi) is 4.04. The Labute approximate surface area is 91.5 Å². The van der Waals surface area contributed by atoms with Gasteiger partial charge in [0.25, 0.3) is 0 Å². The first-order valence-corrected chi connectivity index (χ1v) is 5.35. The molecule has 0 spiro atoms. The van der Waals surface area contributed by atoms with E-state index in [0.29, 0.717) is 13.0 Å². The van der Waals surface area contributed by atoms with Crippen LogP contribution in [0, 0.1) is 19.8 Å². The predicted molar refractivity (Wildman–Crippen MR) is 63.1 cm³/mol. The van der Waals surface area contributed by atoms with Crippen LogP contribution in [0.2, 0.25) is 0 Å². The largest absolute Gasteiger partial charge is 0.330 e. The van der Waals surface area contributed by atoms with Gasteiger partial charge in [-0.1, -0.05) is 24.6 Å². The molecule has 1 atom stereocenters. The molecular weight excluding hydrogens is 186 g/mol. The van der Waals surface area contributed by atoms with Gasteiger partial charge in [0.1, 0.15) is 0 Å². The molecular formula is C13H19NO. The fourth-order valence-corrected chi connectivity index (χ4v) is 1.55. The van der Waals surface area contributed by atoms with E-state index in [4.69, 9.17) is 5.73 Å². The smallest absolute Gasteiger partial charge is 0.163 e. The number of carbonyl (C=O) groups is 1. The molecule has 82 valence electrons. The van der Waals surface area contributed by atoms with Crippen LogP contribution in [-0.2, 0) is 0 Å². The molecule has 0 aliphatic carbocycles. The quantitative estimate of drug-likeness (QED) is 0.767. The highest BCUT2D eigenvalue weighted by Gasteiger charge is 2.12. The summed E-state index contributed by atoms with van der Waals surface area (Å²) in [6.07, 6.45) is 0.542. The van der Waals surface area contributed by atoms with Crippen molar-refractivity contribution >= 4 is 5.78 Å². The van der Waals surface area contributed by atoms with E-state index in [1.807, 2.05) is 39.0 Å². The number of ketones is 1. The monoisotopic (exact) mass is 205 g/mol. The normalized spacial score (nSPS) is 12.5. The van der Waals surface area contributed by atoms with E-state index in [1.165, 1.54) is 0 Å². The SMILES string of the molecule is Cc1ccc(C)c(C(=O)CC(C)CN)c1. The van der Waals surface area contributed by atoms with Crippen LogP contribution >= 0.6 is 0 Å². The van der Waals surface area contributed by atoms with Crippen molar-refractivity contribution in [3.63, 3.8) is 0 Å². The van der Waals surface area contributed by atoms with Gasteiger partial charge in [0.2, 0.25) is 0 Å². The van der Waals surface area contributed by atoms with Crippen LogP contribution in [0.4, 0.5) is 0 Å². The Bertz CT molecular complexity index is 358. The Hall–Kier alpha value is -1.15. The zero-order valence-electron chi connectivity index (χ0n) is 9.71. The second-order valence-electron chi connectivity index (χ2n) is 4.29. The molecule has 2 N–H and O–H groups in total. The van der Waals surface area contributed by atoms with Crippen molar-refractivity contribution in [1.29, 1.82) is 0 Å². The third-order valence-corrected chi connectivity index (χ3v) is 2.63. The summed E-state index contributed by atoms with van der Waals surface area (Å²) in [4.78, 5) is 11.9. The minimum atomic E-state index is 0.203. The molecule has 1 rings (SSSR count). The average Bonchev–Trinajstić information content (AvgIpc) is 2.21. The molecule has 1 aromatic rings. The van der Waals surface area contributed by atoms with E-state index in [0.717, 1.165) is 16.7 Å². The Morgan fingerprint density at radius 1 is 1.40 bits per heavy atom. The lowest BCUT2D eigenvalue weighted by molar-refractivity contribution is 0.0965. The van der Waals surface area contributed by atoms with Crippen molar-refractivity contribution in [2.75, 3.05) is 6.54 Å². The molecule has 0 radical (unpaired) electrons. The Morgan fingerprint density at radius 3 is 2.67 bits per heavy atom. The van der Waals surface area contributed by atoms with Gasteiger partial charge in [0, 0.05) is 12.0 Å². The van der Waals surface area contributed by atoms with Gasteiger partial charge in [-0.05, 0) is 37.9 Å². The van der Waals surface area contributed by atoms with Crippen LogP contribution in [0.1, 0.15) is 34.8 Å². The van der Waals surface area contributed by atoms with E-state index >= 15 is 0 Å². The maximum atomic E-state index is 11.9. The van der Waals surface area contributed by atoms with Gasteiger partial charge in [-0.25, -0.2) is 0 Å². The summed E-state index contributed by atoms with van der Waals surface area (Å²) in [6.45, 7) is 6.54. The molecule has 0 saturated carbocycles. The number of hydrogen-bond acceptors (Lipinski definition) is 2. The van der Waals surface area contributed by atoms with E-state index in [9.17, 15) is 4.79 Å². The third-order valence-electron chi connectivity index (χ3n) is 2.63. The molecule has 15 heavy (non-hydrogen) atoms. The summed E-state index contributed by atoms with van der Waals surface area (Å²) < 4.78 is 0. The lowest BCUT2D eigenvalue weighted by atomic mass is 9.95. The summed E-state index contributed by atoms with van der Waals surface area (Å²) >= 11 is 0. The average molecular weight is 205 g/mol. The van der Waals surface area contributed by atoms with Crippen LogP contribution in [0.15, 0.2) is 18.2 Å². The molecule has 0 heterocycles. The molecule has 0 aliphatic rings. The lowest BCUT2D eigenvalue weighted by Crippen LogP contribution is -2.15. The number of aryl methyl sites for hydroxylation is 2. The summed E-state index contributed by atoms with van der Waals surface area (Å²) in [5.74, 6) is 0.464. The third kappa shape index (κ3) is 3.17. The van der Waals surface area contributed by atoms with Crippen LogP contribution in [-0.4, -0.2) is 12.3 Å². The summed E-state index contributed by atoms with van der Waals surface area (Å²) in [7, 11) is 0. The summed E-state index contributed by atoms with van der Waals surface area (Å²) in [5, 5.41) is 0. The highest BCUT2D eigenvalue weighted by molar-refractivity contribution is 5.97. The number of hydrogen-bond donors (Lipinski definition) is 1. The van der Waals surface area contributed by atoms with Crippen LogP contribution < -0.4 is 5.73 Å². The number of benzene rings is 1. The molecule has 0 aromatic heterocycles. The van der Waals surface area contributed by atoms with Crippen molar-refractivity contribution < 1.29 is 4.79 Å². The second kappa shape index (κ2) is 5.08. The molecule has 0 saturated heterocycles. The molecule has 1 aromatic carbocycles. The molecule has 0 amide bonds. The van der Waals surface area contributed by atoms with E-state index in [-0.39, 0.29) is 11.7 Å². The van der Waals surface area contributed by atoms with Crippen LogP contribution in [0.25, 0.3) is 0 Å². The number of rotatable bonds is 4. The van der Waals surface area contributed by atoms with Gasteiger partial charge in [-0.15, -0.1) is 0 Å². The molecule has 0 bridgehead atoms. The molecule has 2 nitrogen and oxygen atoms in total. The topological polar surface area (TPSA) is 43.1 Å². The summed E-state index contributed by atoms with van der Waals surface area (Å²) in [6, 6.07) is 5.98. The minimum absolute atomic E-state index is 0.203. The minimum Gasteiger partial charge on any atom is -0.330 e. The van der Waals surface area contributed by atoms with Gasteiger partial charge < -0.3 is 5.73 Å². The first-order chi connectivity index (χ1) is 7.04. The standard InChI is InChI=1S/C13H19NO/c1-9-4-5-11(3)12(6-9)13(15)7-10(2)8-14/h4-6,10H,7-8,14H2,1-3H3. The summed E-state index contributed by atoms with van der Waals surface area (Å²) in [5.41, 5.74) is 8.54. The van der Waals surface area contributed by atoms with Gasteiger partial charge in [0.05, 0.1) is 0 Å². The fourth-order valence-electron chi connectivity index (χ4n) is 1.55. The number of nitrogens with two attached hydrogens (primary N) is 1. The maximum Gasteiger partial charge on any atom is 0.163 e. The van der Waals surface area contributed by atoms with Gasteiger partial charge in [-0.3, -0.25) is 4.79 Å².